The van der Waals surface area contributed by atoms with Crippen LogP contribution in [0.2, 0.25) is 0 Å². The van der Waals surface area contributed by atoms with Gasteiger partial charge in [0.2, 0.25) is 11.7 Å². The first kappa shape index (κ1) is 20.2. The number of anilines is 1. The SMILES string of the molecule is COc1cc(-c2cnnc(NCc3c(F)ccc(C)c3F)n2)cc(OC)c1OC. The summed E-state index contributed by atoms with van der Waals surface area (Å²) in [5.74, 6) is 0.236. The zero-order valence-electron chi connectivity index (χ0n) is 16.4. The Morgan fingerprint density at radius 2 is 1.69 bits per heavy atom. The summed E-state index contributed by atoms with van der Waals surface area (Å²) in [4.78, 5) is 4.36. The molecule has 3 rings (SSSR count). The summed E-state index contributed by atoms with van der Waals surface area (Å²) in [6.07, 6.45) is 1.46. The number of halogens is 2. The molecule has 0 aliphatic heterocycles. The molecule has 3 aromatic rings. The molecule has 29 heavy (non-hydrogen) atoms. The Bertz CT molecular complexity index is 1010. The fraction of sp³-hybridized carbons (Fsp3) is 0.250. The average molecular weight is 402 g/mol. The van der Waals surface area contributed by atoms with Gasteiger partial charge in [-0.2, -0.15) is 5.10 Å². The van der Waals surface area contributed by atoms with Crippen molar-refractivity contribution < 1.29 is 23.0 Å². The number of hydrogen-bond acceptors (Lipinski definition) is 7. The van der Waals surface area contributed by atoms with Crippen molar-refractivity contribution in [2.75, 3.05) is 26.6 Å². The van der Waals surface area contributed by atoms with Gasteiger partial charge >= 0.3 is 0 Å². The van der Waals surface area contributed by atoms with Crippen molar-refractivity contribution in [2.45, 2.75) is 13.5 Å². The van der Waals surface area contributed by atoms with E-state index in [-0.39, 0.29) is 18.1 Å². The maximum atomic E-state index is 14.2. The molecule has 7 nitrogen and oxygen atoms in total. The van der Waals surface area contributed by atoms with Crippen LogP contribution in [0.5, 0.6) is 17.2 Å². The Morgan fingerprint density at radius 1 is 1.00 bits per heavy atom. The number of aromatic nitrogens is 3. The van der Waals surface area contributed by atoms with E-state index in [1.807, 2.05) is 0 Å². The summed E-state index contributed by atoms with van der Waals surface area (Å²) in [6.45, 7) is 1.45. The van der Waals surface area contributed by atoms with Crippen molar-refractivity contribution >= 4 is 5.95 Å². The van der Waals surface area contributed by atoms with Gasteiger partial charge in [-0.25, -0.2) is 13.8 Å². The zero-order valence-corrected chi connectivity index (χ0v) is 16.4. The Labute approximate surface area is 166 Å². The minimum Gasteiger partial charge on any atom is -0.493 e. The molecule has 0 saturated heterocycles. The van der Waals surface area contributed by atoms with Gasteiger partial charge in [0.1, 0.15) is 11.6 Å². The molecule has 9 heteroatoms. The van der Waals surface area contributed by atoms with Crippen molar-refractivity contribution in [3.8, 4) is 28.5 Å². The van der Waals surface area contributed by atoms with E-state index >= 15 is 0 Å². The molecule has 0 aliphatic rings. The zero-order chi connectivity index (χ0) is 21.0. The lowest BCUT2D eigenvalue weighted by atomic mass is 10.1. The van der Waals surface area contributed by atoms with E-state index in [0.29, 0.717) is 34.1 Å². The second-order valence-corrected chi connectivity index (χ2v) is 6.09. The topological polar surface area (TPSA) is 78.4 Å². The maximum absolute atomic E-state index is 14.2. The van der Waals surface area contributed by atoms with E-state index in [1.54, 1.807) is 19.1 Å². The van der Waals surface area contributed by atoms with Gasteiger partial charge in [-0.05, 0) is 30.7 Å². The smallest absolute Gasteiger partial charge is 0.243 e. The van der Waals surface area contributed by atoms with E-state index in [0.717, 1.165) is 0 Å². The predicted molar refractivity (Wildman–Crippen MR) is 103 cm³/mol. The first-order valence-corrected chi connectivity index (χ1v) is 8.66. The van der Waals surface area contributed by atoms with Crippen molar-refractivity contribution in [2.24, 2.45) is 0 Å². The van der Waals surface area contributed by atoms with E-state index in [2.05, 4.69) is 20.5 Å². The Balaban J connectivity index is 1.90. The molecular formula is C20H20F2N4O3. The fourth-order valence-corrected chi connectivity index (χ4v) is 2.79. The standard InChI is InChI=1S/C20H20F2N4O3/c1-11-5-6-14(21)13(18(11)22)9-23-20-25-15(10-24-26-20)12-7-16(27-2)19(29-4)17(8-12)28-3/h5-8,10H,9H2,1-4H3,(H,23,25,26). The van der Waals surface area contributed by atoms with Gasteiger partial charge in [-0.1, -0.05) is 6.07 Å². The minimum atomic E-state index is -0.644. The van der Waals surface area contributed by atoms with Gasteiger partial charge in [0.05, 0.1) is 33.2 Å². The first-order valence-electron chi connectivity index (χ1n) is 8.66. The van der Waals surface area contributed by atoms with Crippen molar-refractivity contribution in [3.63, 3.8) is 0 Å². The predicted octanol–water partition coefficient (Wildman–Crippen LogP) is 3.76. The quantitative estimate of drug-likeness (QED) is 0.645. The Hall–Kier alpha value is -3.49. The van der Waals surface area contributed by atoms with Crippen molar-refractivity contribution in [1.82, 2.24) is 15.2 Å². The highest BCUT2D eigenvalue weighted by Crippen LogP contribution is 2.40. The van der Waals surface area contributed by atoms with Crippen LogP contribution in [0.25, 0.3) is 11.3 Å². The summed E-state index contributed by atoms with van der Waals surface area (Å²) in [5, 5.41) is 10.6. The third-order valence-electron chi connectivity index (χ3n) is 4.32. The number of nitrogens with one attached hydrogen (secondary N) is 1. The molecule has 1 N–H and O–H groups in total. The molecule has 0 radical (unpaired) electrons. The number of rotatable bonds is 7. The average Bonchev–Trinajstić information content (AvgIpc) is 2.75. The highest BCUT2D eigenvalue weighted by atomic mass is 19.1. The number of methoxy groups -OCH3 is 3. The van der Waals surface area contributed by atoms with E-state index < -0.39 is 11.6 Å². The minimum absolute atomic E-state index is 0.0909. The summed E-state index contributed by atoms with van der Waals surface area (Å²) in [7, 11) is 4.53. The summed E-state index contributed by atoms with van der Waals surface area (Å²) < 4.78 is 44.1. The molecule has 152 valence electrons. The van der Waals surface area contributed by atoms with Crippen molar-refractivity contribution in [1.29, 1.82) is 0 Å². The van der Waals surface area contributed by atoms with Crippen LogP contribution < -0.4 is 19.5 Å². The van der Waals surface area contributed by atoms with Crippen LogP contribution in [0.15, 0.2) is 30.5 Å². The Morgan fingerprint density at radius 3 is 2.31 bits per heavy atom. The largest absolute Gasteiger partial charge is 0.493 e. The molecule has 0 unspecified atom stereocenters. The summed E-state index contributed by atoms with van der Waals surface area (Å²) in [6, 6.07) is 6.04. The van der Waals surface area contributed by atoms with E-state index in [9.17, 15) is 8.78 Å². The van der Waals surface area contributed by atoms with Crippen LogP contribution in [-0.4, -0.2) is 36.5 Å². The third-order valence-corrected chi connectivity index (χ3v) is 4.32. The van der Waals surface area contributed by atoms with Gasteiger partial charge in [-0.15, -0.1) is 5.10 Å². The molecule has 2 aromatic carbocycles. The Kier molecular flexibility index (Phi) is 6.06. The van der Waals surface area contributed by atoms with Gasteiger partial charge in [-0.3, -0.25) is 0 Å². The van der Waals surface area contributed by atoms with Gasteiger partial charge < -0.3 is 19.5 Å². The normalized spacial score (nSPS) is 10.6. The number of ether oxygens (including phenoxy) is 3. The highest BCUT2D eigenvalue weighted by molar-refractivity contribution is 5.68. The van der Waals surface area contributed by atoms with Crippen LogP contribution in [-0.2, 0) is 6.54 Å². The number of nitrogens with zero attached hydrogens (tertiary/aromatic N) is 3. The first-order chi connectivity index (χ1) is 14.0. The van der Waals surface area contributed by atoms with Crippen LogP contribution in [0.3, 0.4) is 0 Å². The number of hydrogen-bond donors (Lipinski definition) is 1. The molecule has 0 aliphatic carbocycles. The molecular weight excluding hydrogens is 382 g/mol. The molecule has 0 spiro atoms. The maximum Gasteiger partial charge on any atom is 0.243 e. The third kappa shape index (κ3) is 4.18. The number of aryl methyl sites for hydroxylation is 1. The number of benzene rings is 2. The highest BCUT2D eigenvalue weighted by Gasteiger charge is 2.16. The fourth-order valence-electron chi connectivity index (χ4n) is 2.79. The molecule has 0 amide bonds. The molecule has 1 aromatic heterocycles. The lowest BCUT2D eigenvalue weighted by Gasteiger charge is -2.14. The summed E-state index contributed by atoms with van der Waals surface area (Å²) in [5.41, 5.74) is 1.37. The van der Waals surface area contributed by atoms with E-state index in [4.69, 9.17) is 14.2 Å². The van der Waals surface area contributed by atoms with Crippen molar-refractivity contribution in [3.05, 3.63) is 53.2 Å². The van der Waals surface area contributed by atoms with Crippen LogP contribution in [0.1, 0.15) is 11.1 Å². The monoisotopic (exact) mass is 402 g/mol. The molecule has 0 saturated carbocycles. The second kappa shape index (κ2) is 8.68. The molecule has 0 fully saturated rings. The van der Waals surface area contributed by atoms with Crippen LogP contribution >= 0.6 is 0 Å². The lowest BCUT2D eigenvalue weighted by Crippen LogP contribution is -2.09. The van der Waals surface area contributed by atoms with E-state index in [1.165, 1.54) is 39.7 Å². The second-order valence-electron chi connectivity index (χ2n) is 6.09. The molecule has 0 atom stereocenters. The molecule has 0 bridgehead atoms. The van der Waals surface area contributed by atoms with Gasteiger partial charge in [0.15, 0.2) is 11.5 Å². The van der Waals surface area contributed by atoms with Gasteiger partial charge in [0, 0.05) is 17.7 Å². The lowest BCUT2D eigenvalue weighted by molar-refractivity contribution is 0.324. The van der Waals surface area contributed by atoms with Crippen LogP contribution in [0, 0.1) is 18.6 Å². The molecule has 1 heterocycles. The van der Waals surface area contributed by atoms with Crippen LogP contribution in [0.4, 0.5) is 14.7 Å². The summed E-state index contributed by atoms with van der Waals surface area (Å²) >= 11 is 0. The van der Waals surface area contributed by atoms with Gasteiger partial charge in [0.25, 0.3) is 0 Å².